The van der Waals surface area contributed by atoms with Crippen molar-refractivity contribution in [2.75, 3.05) is 47.0 Å². The number of hydrogen-bond donors (Lipinski definition) is 8. The van der Waals surface area contributed by atoms with Crippen LogP contribution in [0.5, 0.6) is 17.2 Å². The summed E-state index contributed by atoms with van der Waals surface area (Å²) in [5.41, 5.74) is 12.3. The van der Waals surface area contributed by atoms with Crippen LogP contribution in [0, 0.1) is 31.5 Å². The lowest BCUT2D eigenvalue weighted by atomic mass is 9.87. The summed E-state index contributed by atoms with van der Waals surface area (Å²) in [6.07, 6.45) is 3.45. The molecule has 0 aliphatic carbocycles. The van der Waals surface area contributed by atoms with Gasteiger partial charge in [0.2, 0.25) is 0 Å². The van der Waals surface area contributed by atoms with Gasteiger partial charge in [-0.3, -0.25) is 79.6 Å². The molecule has 8 aliphatic rings. The number of amides is 16. The number of rotatable bonds is 20. The van der Waals surface area contributed by atoms with E-state index in [2.05, 4.69) is 86.4 Å². The summed E-state index contributed by atoms with van der Waals surface area (Å²) in [6, 6.07) is 79.2. The Morgan fingerprint density at radius 2 is 0.776 bits per heavy atom. The fraction of sp³-hybridized carbons (Fsp3) is 0.164. The van der Waals surface area contributed by atoms with Gasteiger partial charge in [0.05, 0.1) is 67.5 Å². The first kappa shape index (κ1) is 92.5. The molecule has 4 saturated heterocycles. The lowest BCUT2D eigenvalue weighted by Gasteiger charge is -2.31. The number of ether oxygens (including phenoxy) is 3. The highest BCUT2D eigenvalue weighted by Crippen LogP contribution is 2.43. The molecular weight excluding hydrogens is 1840 g/mol. The Kier molecular flexibility index (Phi) is 24.3. The average molecular weight is 1920 g/mol. The highest BCUT2D eigenvalue weighted by molar-refractivity contribution is 7.15. The van der Waals surface area contributed by atoms with E-state index in [4.69, 9.17) is 14.2 Å². The number of para-hydroxylation sites is 1. The first-order chi connectivity index (χ1) is 69.2. The molecule has 8 N–H and O–H groups in total. The van der Waals surface area contributed by atoms with Crippen LogP contribution < -0.4 is 56.7 Å². The van der Waals surface area contributed by atoms with Crippen LogP contribution in [0.3, 0.4) is 0 Å². The van der Waals surface area contributed by atoms with E-state index in [9.17, 15) is 61.9 Å². The zero-order valence-corrected chi connectivity index (χ0v) is 78.2. The minimum atomic E-state index is -1.46. The number of nitrogens with zero attached hydrogens (tertiary/aromatic N) is 8. The number of thiophene rings is 1. The second-order valence-corrected chi connectivity index (χ2v) is 36.6. The first-order valence-electron chi connectivity index (χ1n) is 45.6. The molecule has 13 heterocycles. The van der Waals surface area contributed by atoms with Gasteiger partial charge in [-0.2, -0.15) is 0 Å². The summed E-state index contributed by atoms with van der Waals surface area (Å²) in [7, 11) is 3.09. The third kappa shape index (κ3) is 17.6. The molecule has 0 radical (unpaired) electrons. The quantitative estimate of drug-likeness (QED) is 0.0259. The van der Waals surface area contributed by atoms with Crippen molar-refractivity contribution in [2.24, 2.45) is 0 Å². The number of urea groups is 4. The normalized spacial score (nSPS) is 18.8. The predicted molar refractivity (Wildman–Crippen MR) is 529 cm³/mol. The van der Waals surface area contributed by atoms with Gasteiger partial charge in [0.25, 0.3) is 47.3 Å². The van der Waals surface area contributed by atoms with Crippen LogP contribution in [0.2, 0.25) is 0 Å². The van der Waals surface area contributed by atoms with Gasteiger partial charge in [0.1, 0.15) is 29.7 Å². The molecule has 0 bridgehead atoms. The maximum absolute atomic E-state index is 13.7. The van der Waals surface area contributed by atoms with Crippen LogP contribution in [0.15, 0.2) is 279 Å². The molecule has 710 valence electrons. The number of carbonyl (C=O) groups excluding carboxylic acids is 12. The number of pyridine rings is 4. The van der Waals surface area contributed by atoms with Crippen molar-refractivity contribution in [3.63, 3.8) is 0 Å². The molecule has 8 aliphatic heterocycles. The summed E-state index contributed by atoms with van der Waals surface area (Å²) in [5, 5.41) is 23.5. The molecule has 0 unspecified atom stereocenters. The monoisotopic (exact) mass is 1920 g/mol. The van der Waals surface area contributed by atoms with Gasteiger partial charge in [-0.15, -0.1) is 17.3 Å². The minimum Gasteiger partial charge on any atom is -0.497 e. The van der Waals surface area contributed by atoms with Crippen LogP contribution in [0.25, 0.3) is 76.7 Å². The predicted octanol–water partition coefficient (Wildman–Crippen LogP) is 14.5. The van der Waals surface area contributed by atoms with E-state index < -0.39 is 75.7 Å². The van der Waals surface area contributed by atoms with Gasteiger partial charge < -0.3 is 55.1 Å². The van der Waals surface area contributed by atoms with E-state index >= 15 is 0 Å². The Bertz CT molecular complexity index is 7930. The van der Waals surface area contributed by atoms with Gasteiger partial charge in [-0.1, -0.05) is 158 Å². The van der Waals surface area contributed by atoms with Crippen LogP contribution in [-0.2, 0) is 67.5 Å². The molecule has 5 aromatic heterocycles. The minimum absolute atomic E-state index is 0.000738. The number of carbonyl (C=O) groups is 12. The SMILES string of the molecule is CC#CCOc1ccc2c(c1)C(=O)N(C[C@@]1(c3ccc(-c4ccccn4)s3)NC(=O)NC1=O)C2.COc1ccc2c(c1)C(=O)N(C[C@@]1(c3ccc(-c4ccc5nc(C)ccc5c4)cc3)NC(=O)NC1=O)C2.COc1ccc2c(c1)C(=O)N(C[C@@]1(c3ccc(-c4cccc5cccnc45)cc3)NC(=O)NC1=O)C2.Cc1ccc2cc(-c3ccc([C@@]4(CN5Cc6ccc(F)cc6C5=O)NC(=O)NC4=O)cc3)ccc2n1. The van der Waals surface area contributed by atoms with E-state index in [0.29, 0.717) is 80.7 Å². The topological polar surface area (TPSA) is 393 Å². The molecule has 16 amide bonds. The Morgan fingerprint density at radius 3 is 1.21 bits per heavy atom. The molecule has 15 aromatic rings. The lowest BCUT2D eigenvalue weighted by molar-refractivity contribution is -0.125. The van der Waals surface area contributed by atoms with Gasteiger partial charge >= 0.3 is 24.1 Å². The van der Waals surface area contributed by atoms with Gasteiger partial charge in [-0.05, 0) is 203 Å². The number of benzene rings is 10. The molecule has 0 saturated carbocycles. The maximum atomic E-state index is 13.7. The molecule has 10 aromatic carbocycles. The average Bonchev–Trinajstić information content (AvgIpc) is 1.61. The van der Waals surface area contributed by atoms with Crippen LogP contribution in [0.1, 0.15) is 104 Å². The summed E-state index contributed by atoms with van der Waals surface area (Å²) in [5.74, 6) is 3.78. The van der Waals surface area contributed by atoms with E-state index in [1.807, 2.05) is 196 Å². The molecule has 0 spiro atoms. The van der Waals surface area contributed by atoms with Crippen molar-refractivity contribution < 1.29 is 76.1 Å². The summed E-state index contributed by atoms with van der Waals surface area (Å²) < 4.78 is 29.8. The number of nitrogens with one attached hydrogen (secondary N) is 8. The number of hydrogen-bond acceptors (Lipinski definition) is 20. The van der Waals surface area contributed by atoms with Crippen molar-refractivity contribution in [3.8, 4) is 73.0 Å². The third-order valence-electron chi connectivity index (χ3n) is 26.6. The summed E-state index contributed by atoms with van der Waals surface area (Å²) >= 11 is 1.36. The second kappa shape index (κ2) is 37.6. The highest BCUT2D eigenvalue weighted by Gasteiger charge is 2.55. The fourth-order valence-electron chi connectivity index (χ4n) is 19.3. The van der Waals surface area contributed by atoms with E-state index in [-0.39, 0.29) is 68.5 Å². The maximum Gasteiger partial charge on any atom is 0.322 e. The van der Waals surface area contributed by atoms with Crippen LogP contribution in [0.4, 0.5) is 23.6 Å². The first-order valence-corrected chi connectivity index (χ1v) is 46.4. The Hall–Kier alpha value is -18.2. The zero-order chi connectivity index (χ0) is 99.3. The van der Waals surface area contributed by atoms with Gasteiger partial charge in [-0.25, -0.2) is 23.6 Å². The van der Waals surface area contributed by atoms with E-state index in [1.54, 1.807) is 109 Å². The number of aromatic nitrogens is 4. The summed E-state index contributed by atoms with van der Waals surface area (Å²) in [4.78, 5) is 180. The molecule has 33 heteroatoms. The molecule has 31 nitrogen and oxygen atoms in total. The van der Waals surface area contributed by atoms with E-state index in [1.165, 1.54) is 28.4 Å². The molecule has 4 atom stereocenters. The van der Waals surface area contributed by atoms with Crippen LogP contribution in [-0.4, -0.2) is 158 Å². The van der Waals surface area contributed by atoms with Crippen molar-refractivity contribution in [2.45, 2.75) is 69.1 Å². The summed E-state index contributed by atoms with van der Waals surface area (Å²) in [6.45, 7) is 7.02. The van der Waals surface area contributed by atoms with Crippen molar-refractivity contribution in [1.82, 2.24) is 82.1 Å². The molecular formula is C110H87FN16O15S. The van der Waals surface area contributed by atoms with Gasteiger partial charge in [0, 0.05) is 98.8 Å². The molecule has 4 fully saturated rings. The smallest absolute Gasteiger partial charge is 0.322 e. The molecule has 143 heavy (non-hydrogen) atoms. The Balaban J connectivity index is 0.000000117. The van der Waals surface area contributed by atoms with Gasteiger partial charge in [0.15, 0.2) is 22.2 Å². The third-order valence-corrected chi connectivity index (χ3v) is 27.9. The number of fused-ring (bicyclic) bond motifs is 7. The number of halogens is 1. The van der Waals surface area contributed by atoms with Crippen molar-refractivity contribution in [3.05, 3.63) is 363 Å². The number of imide groups is 4. The van der Waals surface area contributed by atoms with Crippen molar-refractivity contribution in [1.29, 1.82) is 0 Å². The van der Waals surface area contributed by atoms with Crippen LogP contribution >= 0.6 is 11.3 Å². The largest absolute Gasteiger partial charge is 0.497 e. The molecule has 23 rings (SSSR count). The standard InChI is InChI=1S/C29H24N4O4.C28H21FN4O3.C28H22N4O4.C25H20N4O4S/c1-17-3-4-20-13-19(8-12-25(20)30-17)18-5-9-22(10-6-18)29(27(35)31-28(36)32-29)16-33-15-21-7-11-23(37-2)14-24(21)26(33)34;1-16-2-3-19-12-18(7-11-24(19)30-16)17-4-8-21(9-5-17)28(26(35)31-27(36)32-28)15-33-14-20-6-10-22(29)13-23(20)25(33)34;1-36-21-12-9-19-15-32(25(33)23(19)14-21)16-28(26(34)30-27(35)31-28)20-10-7-17(8-11-20)22-6-2-4-18-5-3-13-29-24(18)22;1-2-3-12-33-17-8-7-16-14-29(22(30)18(16)13-17)15-25(23(31)27-24(32)28-25)21-10-9-20(34-21)19-6-4-5-11-26-19/h3-14H,15-16H2,1-2H3,(H2,31,32,35,36);2-13H,14-15H2,1H3,(H2,31,32,35,36);2-14H,15-16H2,1H3,(H2,30,31,34,35);4-11,13H,12,14-15H2,1H3,(H2,27,28,31,32)/t29-;2*28-;25-/m0100/s1. The highest BCUT2D eigenvalue weighted by atomic mass is 32.1. The fourth-order valence-corrected chi connectivity index (χ4v) is 20.4. The Morgan fingerprint density at radius 1 is 0.371 bits per heavy atom. The van der Waals surface area contributed by atoms with Crippen molar-refractivity contribution >= 4 is 115 Å². The number of methoxy groups -OCH3 is 2. The van der Waals surface area contributed by atoms with E-state index in [0.717, 1.165) is 105 Å². The lowest BCUT2D eigenvalue weighted by Crippen LogP contribution is -2.52. The Labute approximate surface area is 820 Å². The number of aryl methyl sites for hydroxylation is 2. The zero-order valence-electron chi connectivity index (χ0n) is 77.4. The second-order valence-electron chi connectivity index (χ2n) is 35.5.